The van der Waals surface area contributed by atoms with Gasteiger partial charge in [-0.25, -0.2) is 13.8 Å². The Hall–Kier alpha value is -1.56. The van der Waals surface area contributed by atoms with Crippen molar-refractivity contribution in [1.82, 2.24) is 10.3 Å². The molecule has 0 saturated heterocycles. The molecular weight excluding hydrogens is 254 g/mol. The maximum absolute atomic E-state index is 13.4. The highest BCUT2D eigenvalue weighted by atomic mass is 19.1. The van der Waals surface area contributed by atoms with Gasteiger partial charge in [0.05, 0.1) is 18.3 Å². The van der Waals surface area contributed by atoms with Gasteiger partial charge < -0.3 is 10.4 Å². The minimum atomic E-state index is -1.02. The van der Waals surface area contributed by atoms with Crippen molar-refractivity contribution >= 4 is 5.91 Å². The van der Waals surface area contributed by atoms with E-state index >= 15 is 0 Å². The van der Waals surface area contributed by atoms with E-state index in [1.807, 2.05) is 6.92 Å². The van der Waals surface area contributed by atoms with Crippen LogP contribution < -0.4 is 5.32 Å². The number of unbranched alkanes of at least 4 members (excludes halogenated alkanes) is 1. The molecule has 1 atom stereocenters. The molecule has 0 bridgehead atoms. The molecule has 0 unspecified atom stereocenters. The number of halogens is 2. The molecule has 4 nitrogen and oxygen atoms in total. The highest BCUT2D eigenvalue weighted by molar-refractivity contribution is 5.93. The molecule has 0 aliphatic heterocycles. The van der Waals surface area contributed by atoms with Crippen LogP contribution in [-0.4, -0.2) is 28.1 Å². The smallest absolute Gasteiger partial charge is 0.273 e. The molecule has 0 aliphatic rings. The lowest BCUT2D eigenvalue weighted by Gasteiger charge is -2.28. The van der Waals surface area contributed by atoms with Crippen molar-refractivity contribution in [3.63, 3.8) is 0 Å². The summed E-state index contributed by atoms with van der Waals surface area (Å²) in [6, 6.07) is 0.601. The van der Waals surface area contributed by atoms with Crippen LogP contribution in [0, 0.1) is 11.6 Å². The lowest BCUT2D eigenvalue weighted by Crippen LogP contribution is -2.49. The average Bonchev–Trinajstić information content (AvgIpc) is 2.36. The number of aliphatic hydroxyl groups excluding tert-OH is 1. The van der Waals surface area contributed by atoms with Gasteiger partial charge in [0.1, 0.15) is 5.82 Å². The molecule has 0 aromatic carbocycles. The summed E-state index contributed by atoms with van der Waals surface area (Å²) in [5, 5.41) is 11.9. The topological polar surface area (TPSA) is 62.2 Å². The van der Waals surface area contributed by atoms with Crippen LogP contribution in [0.25, 0.3) is 0 Å². The standard InChI is InChI=1S/C13H18F2N2O2/c1-3-4-5-13(2,8-18)17-12(19)11-10(15)6-9(14)7-16-11/h6-7,18H,3-5,8H2,1-2H3,(H,17,19)/t13-/m1/s1. The van der Waals surface area contributed by atoms with Gasteiger partial charge in [0.25, 0.3) is 5.91 Å². The van der Waals surface area contributed by atoms with E-state index in [0.29, 0.717) is 12.5 Å². The average molecular weight is 272 g/mol. The third kappa shape index (κ3) is 4.24. The molecule has 0 aliphatic carbocycles. The fourth-order valence-corrected chi connectivity index (χ4v) is 1.66. The van der Waals surface area contributed by atoms with E-state index in [4.69, 9.17) is 0 Å². The van der Waals surface area contributed by atoms with Crippen molar-refractivity contribution in [2.45, 2.75) is 38.6 Å². The number of amides is 1. The van der Waals surface area contributed by atoms with Gasteiger partial charge in [-0.1, -0.05) is 19.8 Å². The van der Waals surface area contributed by atoms with Crippen molar-refractivity contribution in [2.75, 3.05) is 6.61 Å². The van der Waals surface area contributed by atoms with Crippen molar-refractivity contribution in [3.8, 4) is 0 Å². The maximum atomic E-state index is 13.4. The van der Waals surface area contributed by atoms with E-state index in [-0.39, 0.29) is 6.61 Å². The van der Waals surface area contributed by atoms with Crippen LogP contribution >= 0.6 is 0 Å². The second kappa shape index (κ2) is 6.56. The van der Waals surface area contributed by atoms with Crippen LogP contribution in [0.4, 0.5) is 8.78 Å². The first-order valence-electron chi connectivity index (χ1n) is 6.16. The van der Waals surface area contributed by atoms with Crippen molar-refractivity contribution in [1.29, 1.82) is 0 Å². The zero-order chi connectivity index (χ0) is 14.5. The largest absolute Gasteiger partial charge is 0.394 e. The number of carbonyl (C=O) groups excluding carboxylic acids is 1. The first-order valence-corrected chi connectivity index (χ1v) is 6.16. The Morgan fingerprint density at radius 3 is 2.74 bits per heavy atom. The van der Waals surface area contributed by atoms with E-state index in [0.717, 1.165) is 19.0 Å². The molecule has 2 N–H and O–H groups in total. The van der Waals surface area contributed by atoms with Gasteiger partial charge in [-0.2, -0.15) is 0 Å². The van der Waals surface area contributed by atoms with Gasteiger partial charge in [-0.15, -0.1) is 0 Å². The van der Waals surface area contributed by atoms with Crippen molar-refractivity contribution in [2.24, 2.45) is 0 Å². The van der Waals surface area contributed by atoms with E-state index in [1.54, 1.807) is 6.92 Å². The predicted molar refractivity (Wildman–Crippen MR) is 66.6 cm³/mol. The van der Waals surface area contributed by atoms with Gasteiger partial charge in [0.2, 0.25) is 0 Å². The lowest BCUT2D eigenvalue weighted by atomic mass is 9.95. The molecule has 1 aromatic heterocycles. The molecule has 1 rings (SSSR count). The van der Waals surface area contributed by atoms with Gasteiger partial charge in [0.15, 0.2) is 11.5 Å². The van der Waals surface area contributed by atoms with E-state index < -0.39 is 28.8 Å². The monoisotopic (exact) mass is 272 g/mol. The van der Waals surface area contributed by atoms with Gasteiger partial charge in [0, 0.05) is 6.07 Å². The van der Waals surface area contributed by atoms with Gasteiger partial charge >= 0.3 is 0 Å². The number of aromatic nitrogens is 1. The number of nitrogens with one attached hydrogen (secondary N) is 1. The molecule has 19 heavy (non-hydrogen) atoms. The highest BCUT2D eigenvalue weighted by Crippen LogP contribution is 2.15. The van der Waals surface area contributed by atoms with Crippen LogP contribution in [-0.2, 0) is 0 Å². The normalized spacial score (nSPS) is 13.9. The highest BCUT2D eigenvalue weighted by Gasteiger charge is 2.27. The Balaban J connectivity index is 2.82. The molecule has 106 valence electrons. The third-order valence-corrected chi connectivity index (χ3v) is 2.87. The molecule has 1 amide bonds. The Labute approximate surface area is 110 Å². The van der Waals surface area contributed by atoms with E-state index in [9.17, 15) is 18.7 Å². The Morgan fingerprint density at radius 1 is 1.53 bits per heavy atom. The number of carbonyl (C=O) groups is 1. The summed E-state index contributed by atoms with van der Waals surface area (Å²) < 4.78 is 26.1. The molecule has 6 heteroatoms. The summed E-state index contributed by atoms with van der Waals surface area (Å²) in [4.78, 5) is 15.3. The zero-order valence-corrected chi connectivity index (χ0v) is 11.0. The number of pyridine rings is 1. The van der Waals surface area contributed by atoms with Crippen LogP contribution in [0.15, 0.2) is 12.3 Å². The van der Waals surface area contributed by atoms with Gasteiger partial charge in [-0.3, -0.25) is 4.79 Å². The number of hydrogen-bond acceptors (Lipinski definition) is 3. The molecule has 1 heterocycles. The lowest BCUT2D eigenvalue weighted by molar-refractivity contribution is 0.0829. The summed E-state index contributed by atoms with van der Waals surface area (Å²) >= 11 is 0. The number of aliphatic hydroxyl groups is 1. The Kier molecular flexibility index (Phi) is 5.35. The van der Waals surface area contributed by atoms with Crippen LogP contribution in [0.5, 0.6) is 0 Å². The first-order chi connectivity index (χ1) is 8.91. The fraction of sp³-hybridized carbons (Fsp3) is 0.538. The van der Waals surface area contributed by atoms with Crippen LogP contribution in [0.2, 0.25) is 0 Å². The summed E-state index contributed by atoms with van der Waals surface area (Å²) in [5.74, 6) is -2.62. The number of hydrogen-bond donors (Lipinski definition) is 2. The quantitative estimate of drug-likeness (QED) is 0.833. The molecular formula is C13H18F2N2O2. The Morgan fingerprint density at radius 2 is 2.21 bits per heavy atom. The summed E-state index contributed by atoms with van der Waals surface area (Å²) in [6.07, 6.45) is 3.07. The van der Waals surface area contributed by atoms with Crippen LogP contribution in [0.3, 0.4) is 0 Å². The second-order valence-electron chi connectivity index (χ2n) is 4.76. The summed E-state index contributed by atoms with van der Waals surface area (Å²) in [7, 11) is 0. The zero-order valence-electron chi connectivity index (χ0n) is 11.0. The second-order valence-corrected chi connectivity index (χ2v) is 4.76. The van der Waals surface area contributed by atoms with Crippen molar-refractivity contribution < 1.29 is 18.7 Å². The third-order valence-electron chi connectivity index (χ3n) is 2.87. The predicted octanol–water partition coefficient (Wildman–Crippen LogP) is 2.03. The first kappa shape index (κ1) is 15.5. The Bertz CT molecular complexity index is 454. The SMILES string of the molecule is CCCC[C@](C)(CO)NC(=O)c1ncc(F)cc1F. The van der Waals surface area contributed by atoms with E-state index in [1.165, 1.54) is 0 Å². The van der Waals surface area contributed by atoms with E-state index in [2.05, 4.69) is 10.3 Å². The molecule has 0 saturated carbocycles. The fourth-order valence-electron chi connectivity index (χ4n) is 1.66. The number of nitrogens with zero attached hydrogens (tertiary/aromatic N) is 1. The number of rotatable bonds is 6. The summed E-state index contributed by atoms with van der Waals surface area (Å²) in [6.45, 7) is 3.39. The minimum Gasteiger partial charge on any atom is -0.394 e. The molecule has 1 aromatic rings. The van der Waals surface area contributed by atoms with Crippen molar-refractivity contribution in [3.05, 3.63) is 29.6 Å². The van der Waals surface area contributed by atoms with Gasteiger partial charge in [-0.05, 0) is 13.3 Å². The molecule has 0 spiro atoms. The summed E-state index contributed by atoms with van der Waals surface area (Å²) in [5.41, 5.74) is -1.31. The minimum absolute atomic E-state index is 0.262. The van der Waals surface area contributed by atoms with Crippen LogP contribution in [0.1, 0.15) is 43.6 Å². The molecule has 0 radical (unpaired) electrons. The molecule has 0 fully saturated rings. The maximum Gasteiger partial charge on any atom is 0.273 e.